The van der Waals surface area contributed by atoms with Crippen molar-refractivity contribution in [1.29, 1.82) is 0 Å². The van der Waals surface area contributed by atoms with Crippen LogP contribution in [0.1, 0.15) is 33.9 Å². The zero-order valence-electron chi connectivity index (χ0n) is 13.7. The van der Waals surface area contributed by atoms with E-state index in [-0.39, 0.29) is 5.92 Å². The molecule has 1 aromatic carbocycles. The minimum Gasteiger partial charge on any atom is -0.481 e. The number of H-pyrrole nitrogens is 1. The van der Waals surface area contributed by atoms with Crippen molar-refractivity contribution in [2.45, 2.75) is 26.2 Å². The minimum atomic E-state index is 0.226. The average molecular weight is 307 g/mol. The summed E-state index contributed by atoms with van der Waals surface area (Å²) >= 11 is 0. The fourth-order valence-electron chi connectivity index (χ4n) is 2.92. The van der Waals surface area contributed by atoms with Crippen LogP contribution in [0.4, 0.5) is 0 Å². The Morgan fingerprint density at radius 1 is 1.22 bits per heavy atom. The Morgan fingerprint density at radius 3 is 2.83 bits per heavy atom. The second kappa shape index (κ2) is 6.65. The molecular weight excluding hydrogens is 286 g/mol. The van der Waals surface area contributed by atoms with Crippen LogP contribution in [-0.2, 0) is 6.42 Å². The van der Waals surface area contributed by atoms with Gasteiger partial charge in [0, 0.05) is 30.1 Å². The van der Waals surface area contributed by atoms with Gasteiger partial charge in [0.25, 0.3) is 0 Å². The highest BCUT2D eigenvalue weighted by Crippen LogP contribution is 2.31. The fourth-order valence-corrected chi connectivity index (χ4v) is 2.92. The Balaban J connectivity index is 2.01. The van der Waals surface area contributed by atoms with Crippen LogP contribution >= 0.6 is 0 Å². The van der Waals surface area contributed by atoms with Crippen molar-refractivity contribution >= 4 is 0 Å². The van der Waals surface area contributed by atoms with Crippen molar-refractivity contribution in [3.8, 4) is 5.88 Å². The van der Waals surface area contributed by atoms with Crippen LogP contribution in [0.15, 0.2) is 49.1 Å². The van der Waals surface area contributed by atoms with Crippen LogP contribution in [0.2, 0.25) is 0 Å². The van der Waals surface area contributed by atoms with Gasteiger partial charge in [0.15, 0.2) is 0 Å². The first-order chi connectivity index (χ1) is 11.2. The van der Waals surface area contributed by atoms with Crippen LogP contribution in [0.5, 0.6) is 5.88 Å². The fraction of sp³-hybridized carbons (Fsp3) is 0.263. The molecule has 4 nitrogen and oxygen atoms in total. The molecule has 2 heterocycles. The van der Waals surface area contributed by atoms with Gasteiger partial charge in [-0.15, -0.1) is 0 Å². The molecule has 0 fully saturated rings. The molecule has 1 unspecified atom stereocenters. The number of hydrogen-bond acceptors (Lipinski definition) is 3. The second-order valence-electron chi connectivity index (χ2n) is 5.76. The molecule has 0 saturated heterocycles. The lowest BCUT2D eigenvalue weighted by molar-refractivity contribution is 0.397. The maximum atomic E-state index is 5.24. The van der Waals surface area contributed by atoms with Gasteiger partial charge in [-0.3, -0.25) is 0 Å². The summed E-state index contributed by atoms with van der Waals surface area (Å²) in [7, 11) is 1.64. The lowest BCUT2D eigenvalue weighted by Crippen LogP contribution is -2.08. The van der Waals surface area contributed by atoms with Gasteiger partial charge >= 0.3 is 0 Å². The molecule has 3 rings (SSSR count). The summed E-state index contributed by atoms with van der Waals surface area (Å²) < 4.78 is 5.24. The SMILES string of the molecule is COc1cc(CC(c2cnc[nH]2)c2cccc(C)c2C)ccn1. The Kier molecular flexibility index (Phi) is 4.42. The maximum absolute atomic E-state index is 5.24. The molecule has 4 heteroatoms. The van der Waals surface area contributed by atoms with Gasteiger partial charge in [-0.2, -0.15) is 0 Å². The van der Waals surface area contributed by atoms with Gasteiger partial charge in [0.2, 0.25) is 5.88 Å². The summed E-state index contributed by atoms with van der Waals surface area (Å²) in [4.78, 5) is 11.7. The van der Waals surface area contributed by atoms with E-state index in [1.54, 1.807) is 19.6 Å². The maximum Gasteiger partial charge on any atom is 0.213 e. The summed E-state index contributed by atoms with van der Waals surface area (Å²) in [6, 6.07) is 10.5. The first kappa shape index (κ1) is 15.3. The largest absolute Gasteiger partial charge is 0.481 e. The van der Waals surface area contributed by atoms with E-state index in [9.17, 15) is 0 Å². The van der Waals surface area contributed by atoms with Gasteiger partial charge in [0.1, 0.15) is 0 Å². The summed E-state index contributed by atoms with van der Waals surface area (Å²) in [6.07, 6.45) is 6.30. The van der Waals surface area contributed by atoms with Crippen molar-refractivity contribution in [3.63, 3.8) is 0 Å². The number of methoxy groups -OCH3 is 1. The number of aromatic nitrogens is 3. The highest BCUT2D eigenvalue weighted by molar-refractivity contribution is 5.40. The van der Waals surface area contributed by atoms with Gasteiger partial charge in [0.05, 0.1) is 13.4 Å². The van der Waals surface area contributed by atoms with E-state index in [0.29, 0.717) is 5.88 Å². The zero-order chi connectivity index (χ0) is 16.2. The number of aromatic amines is 1. The first-order valence-corrected chi connectivity index (χ1v) is 7.72. The molecule has 0 spiro atoms. The van der Waals surface area contributed by atoms with E-state index in [1.165, 1.54) is 22.3 Å². The average Bonchev–Trinajstić information content (AvgIpc) is 3.10. The number of hydrogen-bond donors (Lipinski definition) is 1. The number of pyridine rings is 1. The van der Waals surface area contributed by atoms with E-state index in [4.69, 9.17) is 4.74 Å². The molecule has 0 bridgehead atoms. The van der Waals surface area contributed by atoms with E-state index in [0.717, 1.165) is 12.1 Å². The van der Waals surface area contributed by atoms with E-state index in [1.807, 2.05) is 18.3 Å². The van der Waals surface area contributed by atoms with Crippen molar-refractivity contribution in [2.24, 2.45) is 0 Å². The molecule has 1 N–H and O–H groups in total. The molecule has 0 saturated carbocycles. The summed E-state index contributed by atoms with van der Waals surface area (Å²) in [5, 5.41) is 0. The van der Waals surface area contributed by atoms with E-state index < -0.39 is 0 Å². The Morgan fingerprint density at radius 2 is 2.09 bits per heavy atom. The number of ether oxygens (including phenoxy) is 1. The predicted molar refractivity (Wildman–Crippen MR) is 90.8 cm³/mol. The molecule has 2 aromatic heterocycles. The summed E-state index contributed by atoms with van der Waals surface area (Å²) in [6.45, 7) is 4.33. The number of nitrogens with one attached hydrogen (secondary N) is 1. The molecule has 0 aliphatic rings. The van der Waals surface area contributed by atoms with Crippen molar-refractivity contribution in [3.05, 3.63) is 77.0 Å². The number of rotatable bonds is 5. The van der Waals surface area contributed by atoms with Gasteiger partial charge in [-0.05, 0) is 48.6 Å². The second-order valence-corrected chi connectivity index (χ2v) is 5.76. The Hall–Kier alpha value is -2.62. The molecule has 0 amide bonds. The van der Waals surface area contributed by atoms with Crippen LogP contribution in [0.25, 0.3) is 0 Å². The third-order valence-corrected chi connectivity index (χ3v) is 4.36. The summed E-state index contributed by atoms with van der Waals surface area (Å²) in [5.74, 6) is 0.872. The number of nitrogens with zero attached hydrogens (tertiary/aromatic N) is 2. The molecule has 118 valence electrons. The standard InChI is InChI=1S/C19H21N3O/c1-13-5-4-6-16(14(13)2)17(18-11-20-12-22-18)9-15-7-8-21-19(10-15)23-3/h4-8,10-12,17H,9H2,1-3H3,(H,20,22). The topological polar surface area (TPSA) is 50.8 Å². The van der Waals surface area contributed by atoms with Crippen LogP contribution in [0, 0.1) is 13.8 Å². The highest BCUT2D eigenvalue weighted by atomic mass is 16.5. The summed E-state index contributed by atoms with van der Waals surface area (Å²) in [5.41, 5.74) is 6.27. The molecule has 0 aliphatic heterocycles. The third kappa shape index (κ3) is 3.26. The zero-order valence-corrected chi connectivity index (χ0v) is 13.7. The number of aryl methyl sites for hydroxylation is 1. The van der Waals surface area contributed by atoms with Crippen LogP contribution in [0.3, 0.4) is 0 Å². The Bertz CT molecular complexity index is 781. The normalized spacial score (nSPS) is 12.1. The quantitative estimate of drug-likeness (QED) is 0.780. The van der Waals surface area contributed by atoms with Gasteiger partial charge < -0.3 is 9.72 Å². The van der Waals surface area contributed by atoms with Crippen LogP contribution < -0.4 is 4.74 Å². The van der Waals surface area contributed by atoms with E-state index >= 15 is 0 Å². The number of imidazole rings is 1. The van der Waals surface area contributed by atoms with Crippen molar-refractivity contribution in [1.82, 2.24) is 15.0 Å². The molecule has 0 aliphatic carbocycles. The minimum absolute atomic E-state index is 0.226. The molecule has 23 heavy (non-hydrogen) atoms. The predicted octanol–water partition coefficient (Wildman–Crippen LogP) is 3.80. The molecule has 3 aromatic rings. The molecular formula is C19H21N3O. The van der Waals surface area contributed by atoms with Gasteiger partial charge in [-0.1, -0.05) is 18.2 Å². The molecule has 1 atom stereocenters. The van der Waals surface area contributed by atoms with Crippen LogP contribution in [-0.4, -0.2) is 22.1 Å². The highest BCUT2D eigenvalue weighted by Gasteiger charge is 2.19. The van der Waals surface area contributed by atoms with Crippen molar-refractivity contribution in [2.75, 3.05) is 7.11 Å². The smallest absolute Gasteiger partial charge is 0.213 e. The third-order valence-electron chi connectivity index (χ3n) is 4.36. The van der Waals surface area contributed by atoms with Gasteiger partial charge in [-0.25, -0.2) is 9.97 Å². The first-order valence-electron chi connectivity index (χ1n) is 7.72. The lowest BCUT2D eigenvalue weighted by atomic mass is 9.86. The molecule has 0 radical (unpaired) electrons. The Labute approximate surface area is 136 Å². The number of benzene rings is 1. The van der Waals surface area contributed by atoms with Crippen molar-refractivity contribution < 1.29 is 4.74 Å². The monoisotopic (exact) mass is 307 g/mol. The van der Waals surface area contributed by atoms with E-state index in [2.05, 4.69) is 47.0 Å². The lowest BCUT2D eigenvalue weighted by Gasteiger charge is -2.20.